The number of anilines is 1. The van der Waals surface area contributed by atoms with E-state index in [1.807, 2.05) is 30.3 Å². The van der Waals surface area contributed by atoms with E-state index in [9.17, 15) is 0 Å². The Bertz CT molecular complexity index is 584. The Morgan fingerprint density at radius 3 is 2.50 bits per heavy atom. The number of nitrogens with two attached hydrogens (primary N) is 1. The highest BCUT2D eigenvalue weighted by atomic mass is 16.5. The summed E-state index contributed by atoms with van der Waals surface area (Å²) in [6.45, 7) is 4.89. The van der Waals surface area contributed by atoms with E-state index in [0.29, 0.717) is 12.3 Å². The van der Waals surface area contributed by atoms with E-state index in [2.05, 4.69) is 30.4 Å². The van der Waals surface area contributed by atoms with Gasteiger partial charge in [-0.3, -0.25) is 0 Å². The zero-order valence-electron chi connectivity index (χ0n) is 14.8. The van der Waals surface area contributed by atoms with Gasteiger partial charge < -0.3 is 15.8 Å². The van der Waals surface area contributed by atoms with E-state index in [0.717, 1.165) is 30.8 Å². The lowest BCUT2D eigenvalue weighted by Crippen LogP contribution is -2.18. The molecule has 24 heavy (non-hydrogen) atoms. The lowest BCUT2D eigenvalue weighted by molar-refractivity contribution is 0.308. The fourth-order valence-corrected chi connectivity index (χ4v) is 2.65. The van der Waals surface area contributed by atoms with Crippen LogP contribution < -0.4 is 15.8 Å². The summed E-state index contributed by atoms with van der Waals surface area (Å²) in [6, 6.07) is 16.3. The topological polar surface area (TPSA) is 47.3 Å². The monoisotopic (exact) mass is 326 g/mol. The van der Waals surface area contributed by atoms with Crippen molar-refractivity contribution in [3.63, 3.8) is 0 Å². The van der Waals surface area contributed by atoms with Crippen LogP contribution in [-0.2, 0) is 13.0 Å². The maximum Gasteiger partial charge on any atom is 0.142 e. The molecule has 0 bridgehead atoms. The van der Waals surface area contributed by atoms with Crippen molar-refractivity contribution in [2.75, 3.05) is 18.8 Å². The molecule has 0 aliphatic rings. The molecule has 0 saturated carbocycles. The summed E-state index contributed by atoms with van der Waals surface area (Å²) >= 11 is 0. The van der Waals surface area contributed by atoms with Crippen molar-refractivity contribution in [3.8, 4) is 5.75 Å². The highest BCUT2D eigenvalue weighted by Crippen LogP contribution is 2.23. The summed E-state index contributed by atoms with van der Waals surface area (Å²) in [5.41, 5.74) is 9.24. The van der Waals surface area contributed by atoms with Crippen LogP contribution in [-0.4, -0.2) is 13.1 Å². The maximum atomic E-state index is 6.13. The van der Waals surface area contributed by atoms with Crippen molar-refractivity contribution >= 4 is 5.69 Å². The molecule has 0 saturated heterocycles. The Hall–Kier alpha value is -2.00. The van der Waals surface area contributed by atoms with Gasteiger partial charge in [-0.25, -0.2) is 0 Å². The number of nitrogens with one attached hydrogen (secondary N) is 1. The first-order valence-electron chi connectivity index (χ1n) is 9.05. The summed E-state index contributed by atoms with van der Waals surface area (Å²) in [7, 11) is 0. The predicted molar refractivity (Wildman–Crippen MR) is 102 cm³/mol. The van der Waals surface area contributed by atoms with Gasteiger partial charge in [0, 0.05) is 0 Å². The van der Waals surface area contributed by atoms with Gasteiger partial charge >= 0.3 is 0 Å². The fraction of sp³-hybridized carbons (Fsp3) is 0.429. The average molecular weight is 326 g/mol. The molecule has 0 aliphatic heterocycles. The van der Waals surface area contributed by atoms with Gasteiger partial charge in [-0.05, 0) is 49.2 Å². The van der Waals surface area contributed by atoms with Gasteiger partial charge in [-0.15, -0.1) is 0 Å². The van der Waals surface area contributed by atoms with Crippen molar-refractivity contribution in [3.05, 3.63) is 59.7 Å². The zero-order chi connectivity index (χ0) is 17.0. The van der Waals surface area contributed by atoms with Crippen LogP contribution in [0.1, 0.15) is 43.7 Å². The third-order valence-corrected chi connectivity index (χ3v) is 4.11. The summed E-state index contributed by atoms with van der Waals surface area (Å²) in [6.07, 6.45) is 6.21. The molecule has 0 aliphatic carbocycles. The number of hydrogen-bond donors (Lipinski definition) is 2. The molecule has 2 rings (SSSR count). The smallest absolute Gasteiger partial charge is 0.142 e. The number of unbranched alkanes of at least 4 members (excludes halogenated alkanes) is 3. The summed E-state index contributed by atoms with van der Waals surface area (Å²) in [5, 5.41) is 3.50. The lowest BCUT2D eigenvalue weighted by atomic mass is 10.1. The quantitative estimate of drug-likeness (QED) is 0.470. The molecule has 3 heteroatoms. The molecule has 0 atom stereocenters. The number of nitrogen functional groups attached to an aromatic ring is 1. The first-order chi connectivity index (χ1) is 11.8. The fourth-order valence-electron chi connectivity index (χ4n) is 2.65. The van der Waals surface area contributed by atoms with E-state index in [4.69, 9.17) is 10.5 Å². The number of rotatable bonds is 11. The van der Waals surface area contributed by atoms with Crippen molar-refractivity contribution in [1.82, 2.24) is 5.32 Å². The minimum atomic E-state index is 0.545. The predicted octanol–water partition coefficient (Wildman–Crippen LogP) is 4.56. The minimum Gasteiger partial charge on any atom is -0.487 e. The molecule has 3 N–H and O–H groups in total. The SMILES string of the molecule is CCCCCCNCCc1ccc(OCc2ccccc2)c(N)c1. The molecule has 0 amide bonds. The van der Waals surface area contributed by atoms with Crippen molar-refractivity contribution in [1.29, 1.82) is 0 Å². The third kappa shape index (κ3) is 6.63. The second-order valence-electron chi connectivity index (χ2n) is 6.21. The second kappa shape index (κ2) is 10.7. The van der Waals surface area contributed by atoms with E-state index in [-0.39, 0.29) is 0 Å². The van der Waals surface area contributed by atoms with E-state index < -0.39 is 0 Å². The van der Waals surface area contributed by atoms with Gasteiger partial charge in [0.15, 0.2) is 0 Å². The number of benzene rings is 2. The normalized spacial score (nSPS) is 10.7. The van der Waals surface area contributed by atoms with Crippen LogP contribution >= 0.6 is 0 Å². The Balaban J connectivity index is 1.71. The molecular formula is C21H30N2O. The van der Waals surface area contributed by atoms with Crippen molar-refractivity contribution in [2.45, 2.75) is 45.6 Å². The summed E-state index contributed by atoms with van der Waals surface area (Å²) < 4.78 is 5.82. The number of ether oxygens (including phenoxy) is 1. The van der Waals surface area contributed by atoms with E-state index >= 15 is 0 Å². The van der Waals surface area contributed by atoms with Gasteiger partial charge in [0.1, 0.15) is 12.4 Å². The van der Waals surface area contributed by atoms with E-state index in [1.165, 1.54) is 31.2 Å². The first-order valence-corrected chi connectivity index (χ1v) is 9.05. The molecule has 130 valence electrons. The van der Waals surface area contributed by atoms with Gasteiger partial charge in [0.2, 0.25) is 0 Å². The molecule has 0 spiro atoms. The molecule has 0 aromatic heterocycles. The van der Waals surface area contributed by atoms with Gasteiger partial charge in [0.25, 0.3) is 0 Å². The average Bonchev–Trinajstić information content (AvgIpc) is 2.61. The summed E-state index contributed by atoms with van der Waals surface area (Å²) in [5.74, 6) is 0.759. The molecule has 2 aromatic rings. The maximum absolute atomic E-state index is 6.13. The largest absolute Gasteiger partial charge is 0.487 e. The van der Waals surface area contributed by atoms with Crippen LogP contribution in [0.15, 0.2) is 48.5 Å². The third-order valence-electron chi connectivity index (χ3n) is 4.11. The van der Waals surface area contributed by atoms with Crippen LogP contribution in [0.3, 0.4) is 0 Å². The van der Waals surface area contributed by atoms with Crippen LogP contribution in [0, 0.1) is 0 Å². The highest BCUT2D eigenvalue weighted by molar-refractivity contribution is 5.54. The van der Waals surface area contributed by atoms with E-state index in [1.54, 1.807) is 0 Å². The first kappa shape index (κ1) is 18.3. The zero-order valence-corrected chi connectivity index (χ0v) is 14.8. The highest BCUT2D eigenvalue weighted by Gasteiger charge is 2.03. The van der Waals surface area contributed by atoms with Crippen molar-refractivity contribution in [2.24, 2.45) is 0 Å². The van der Waals surface area contributed by atoms with Gasteiger partial charge in [-0.1, -0.05) is 62.6 Å². The molecular weight excluding hydrogens is 296 g/mol. The Kier molecular flexibility index (Phi) is 8.19. The lowest BCUT2D eigenvalue weighted by Gasteiger charge is -2.11. The number of hydrogen-bond acceptors (Lipinski definition) is 3. The summed E-state index contributed by atoms with van der Waals surface area (Å²) in [4.78, 5) is 0. The molecule has 0 fully saturated rings. The molecule has 0 radical (unpaired) electrons. The van der Waals surface area contributed by atoms with Crippen molar-refractivity contribution < 1.29 is 4.74 Å². The standard InChI is InChI=1S/C21H30N2O/c1-2-3-4-8-14-23-15-13-18-11-12-21(20(22)16-18)24-17-19-9-6-5-7-10-19/h5-7,9-12,16,23H,2-4,8,13-15,17,22H2,1H3. The Labute approximate surface area is 146 Å². The molecule has 3 nitrogen and oxygen atoms in total. The Morgan fingerprint density at radius 2 is 1.75 bits per heavy atom. The van der Waals surface area contributed by atoms with Crippen LogP contribution in [0.2, 0.25) is 0 Å². The molecule has 0 heterocycles. The van der Waals surface area contributed by atoms with Gasteiger partial charge in [0.05, 0.1) is 5.69 Å². The second-order valence-corrected chi connectivity index (χ2v) is 6.21. The minimum absolute atomic E-state index is 0.545. The van der Waals surface area contributed by atoms with Crippen LogP contribution in [0.25, 0.3) is 0 Å². The van der Waals surface area contributed by atoms with Crippen LogP contribution in [0.5, 0.6) is 5.75 Å². The molecule has 0 unspecified atom stereocenters. The van der Waals surface area contributed by atoms with Gasteiger partial charge in [-0.2, -0.15) is 0 Å². The molecule has 2 aromatic carbocycles. The van der Waals surface area contributed by atoms with Crippen LogP contribution in [0.4, 0.5) is 5.69 Å². The Morgan fingerprint density at radius 1 is 0.917 bits per heavy atom.